The maximum atomic E-state index is 13.5. The first-order valence-corrected chi connectivity index (χ1v) is 7.67. The highest BCUT2D eigenvalue weighted by Crippen LogP contribution is 2.43. The van der Waals surface area contributed by atoms with Crippen molar-refractivity contribution in [1.29, 1.82) is 0 Å². The number of amides is 1. The summed E-state index contributed by atoms with van der Waals surface area (Å²) in [7, 11) is 1.56. The van der Waals surface area contributed by atoms with Crippen molar-refractivity contribution in [3.8, 4) is 0 Å². The molecule has 0 aliphatic heterocycles. The van der Waals surface area contributed by atoms with Crippen LogP contribution in [0.1, 0.15) is 28.9 Å². The predicted molar refractivity (Wildman–Crippen MR) is 83.4 cm³/mol. The summed E-state index contributed by atoms with van der Waals surface area (Å²) in [6, 6.07) is 7.45. The summed E-state index contributed by atoms with van der Waals surface area (Å²) < 4.78 is 15.7. The van der Waals surface area contributed by atoms with E-state index in [1.54, 1.807) is 7.05 Å². The van der Waals surface area contributed by atoms with Crippen molar-refractivity contribution in [3.05, 3.63) is 56.7 Å². The lowest BCUT2D eigenvalue weighted by atomic mass is 9.70. The molecule has 1 saturated carbocycles. The average molecular weight is 368 g/mol. The molecule has 116 valence electrons. The summed E-state index contributed by atoms with van der Waals surface area (Å²) in [5.41, 5.74) is -0.0495. The van der Waals surface area contributed by atoms with E-state index in [-0.39, 0.29) is 24.2 Å². The number of H-pyrrole nitrogens is 1. The zero-order valence-electron chi connectivity index (χ0n) is 11.9. The van der Waals surface area contributed by atoms with E-state index in [4.69, 9.17) is 0 Å². The second-order valence-electron chi connectivity index (χ2n) is 5.63. The van der Waals surface area contributed by atoms with Gasteiger partial charge in [0.15, 0.2) is 0 Å². The Morgan fingerprint density at radius 2 is 2.05 bits per heavy atom. The normalized spacial score (nSPS) is 23.9. The third-order valence-corrected chi connectivity index (χ3v) is 4.55. The largest absolute Gasteiger partial charge is 0.341 e. The van der Waals surface area contributed by atoms with Crippen molar-refractivity contribution >= 4 is 21.8 Å². The first kappa shape index (κ1) is 15.0. The standard InChI is InChI=1S/C15H15BrFN3O2/c1-20-8-12(18-14(20)22)13(21)19-15(6-11(17)7-15)9-2-4-10(16)5-3-9/h2-5,8,11H,6-7H2,1H3,(H,18,22)(H,19,21). The van der Waals surface area contributed by atoms with Crippen molar-refractivity contribution in [2.75, 3.05) is 0 Å². The van der Waals surface area contributed by atoms with E-state index in [2.05, 4.69) is 26.2 Å². The summed E-state index contributed by atoms with van der Waals surface area (Å²) in [4.78, 5) is 26.2. The number of carbonyl (C=O) groups excluding carboxylic acids is 1. The minimum Gasteiger partial charge on any atom is -0.341 e. The van der Waals surface area contributed by atoms with E-state index in [1.807, 2.05) is 24.3 Å². The Morgan fingerprint density at radius 3 is 2.55 bits per heavy atom. The number of nitrogens with one attached hydrogen (secondary N) is 2. The highest BCUT2D eigenvalue weighted by atomic mass is 79.9. The molecule has 1 aromatic heterocycles. The number of aromatic nitrogens is 2. The molecule has 1 aliphatic carbocycles. The van der Waals surface area contributed by atoms with Crippen LogP contribution < -0.4 is 11.0 Å². The molecule has 1 aliphatic rings. The molecule has 22 heavy (non-hydrogen) atoms. The van der Waals surface area contributed by atoms with E-state index in [0.717, 1.165) is 10.0 Å². The highest BCUT2D eigenvalue weighted by Gasteiger charge is 2.47. The number of benzene rings is 1. The fraction of sp³-hybridized carbons (Fsp3) is 0.333. The molecule has 3 rings (SSSR count). The summed E-state index contributed by atoms with van der Waals surface area (Å²) in [6.45, 7) is 0. The Bertz CT molecular complexity index is 760. The van der Waals surface area contributed by atoms with Crippen molar-refractivity contribution in [2.45, 2.75) is 24.6 Å². The number of carbonyl (C=O) groups is 1. The average Bonchev–Trinajstić information content (AvgIpc) is 2.77. The van der Waals surface area contributed by atoms with Crippen LogP contribution in [0.4, 0.5) is 4.39 Å². The first-order valence-electron chi connectivity index (χ1n) is 6.88. The van der Waals surface area contributed by atoms with Crippen LogP contribution in [0.5, 0.6) is 0 Å². The van der Waals surface area contributed by atoms with Gasteiger partial charge in [-0.2, -0.15) is 0 Å². The fourth-order valence-corrected chi connectivity index (χ4v) is 3.03. The number of alkyl halides is 1. The summed E-state index contributed by atoms with van der Waals surface area (Å²) in [5.74, 6) is -0.410. The molecule has 0 atom stereocenters. The quantitative estimate of drug-likeness (QED) is 0.873. The Labute approximate surface area is 134 Å². The van der Waals surface area contributed by atoms with E-state index in [9.17, 15) is 14.0 Å². The number of aryl methyl sites for hydroxylation is 1. The van der Waals surface area contributed by atoms with Crippen LogP contribution in [0, 0.1) is 0 Å². The maximum Gasteiger partial charge on any atom is 0.325 e. The molecule has 1 amide bonds. The fourth-order valence-electron chi connectivity index (χ4n) is 2.76. The van der Waals surface area contributed by atoms with E-state index in [1.165, 1.54) is 10.8 Å². The predicted octanol–water partition coefficient (Wildman–Crippen LogP) is 2.23. The van der Waals surface area contributed by atoms with Crippen LogP contribution in [0.2, 0.25) is 0 Å². The van der Waals surface area contributed by atoms with Gasteiger partial charge >= 0.3 is 5.69 Å². The van der Waals surface area contributed by atoms with Gasteiger partial charge in [0.05, 0.1) is 5.54 Å². The van der Waals surface area contributed by atoms with E-state index in [0.29, 0.717) is 0 Å². The van der Waals surface area contributed by atoms with Gasteiger partial charge in [-0.25, -0.2) is 9.18 Å². The van der Waals surface area contributed by atoms with Crippen LogP contribution in [-0.2, 0) is 12.6 Å². The molecule has 0 unspecified atom stereocenters. The molecule has 0 spiro atoms. The molecular formula is C15H15BrFN3O2. The van der Waals surface area contributed by atoms with Gasteiger partial charge < -0.3 is 14.9 Å². The van der Waals surface area contributed by atoms with Gasteiger partial charge in [0.1, 0.15) is 11.9 Å². The van der Waals surface area contributed by atoms with Gasteiger partial charge in [-0.3, -0.25) is 4.79 Å². The van der Waals surface area contributed by atoms with Crippen molar-refractivity contribution < 1.29 is 9.18 Å². The van der Waals surface area contributed by atoms with E-state index < -0.39 is 17.6 Å². The Morgan fingerprint density at radius 1 is 1.41 bits per heavy atom. The van der Waals surface area contributed by atoms with Gasteiger partial charge in [-0.1, -0.05) is 28.1 Å². The number of imidazole rings is 1. The van der Waals surface area contributed by atoms with Crippen LogP contribution >= 0.6 is 15.9 Å². The molecule has 1 aromatic carbocycles. The molecule has 7 heteroatoms. The van der Waals surface area contributed by atoms with Gasteiger partial charge in [-0.05, 0) is 17.7 Å². The van der Waals surface area contributed by atoms with Gasteiger partial charge in [-0.15, -0.1) is 0 Å². The topological polar surface area (TPSA) is 66.9 Å². The Hall–Kier alpha value is -1.89. The smallest absolute Gasteiger partial charge is 0.325 e. The molecular weight excluding hydrogens is 353 g/mol. The Kier molecular flexibility index (Phi) is 3.68. The first-order chi connectivity index (χ1) is 10.4. The lowest BCUT2D eigenvalue weighted by molar-refractivity contribution is 0.0524. The van der Waals surface area contributed by atoms with Gasteiger partial charge in [0.25, 0.3) is 5.91 Å². The molecule has 2 N–H and O–H groups in total. The number of halogens is 2. The third kappa shape index (κ3) is 2.61. The summed E-state index contributed by atoms with van der Waals surface area (Å²) >= 11 is 3.36. The minimum atomic E-state index is -0.932. The van der Waals surface area contributed by atoms with Crippen molar-refractivity contribution in [1.82, 2.24) is 14.9 Å². The third-order valence-electron chi connectivity index (χ3n) is 4.02. The molecule has 0 saturated heterocycles. The monoisotopic (exact) mass is 367 g/mol. The van der Waals surface area contributed by atoms with Crippen LogP contribution in [-0.4, -0.2) is 21.6 Å². The van der Waals surface area contributed by atoms with Crippen molar-refractivity contribution in [2.24, 2.45) is 7.05 Å². The summed E-state index contributed by atoms with van der Waals surface area (Å²) in [6.07, 6.45) is 0.965. The molecule has 0 radical (unpaired) electrons. The lowest BCUT2D eigenvalue weighted by Crippen LogP contribution is -2.55. The van der Waals surface area contributed by atoms with Crippen LogP contribution in [0.15, 0.2) is 39.7 Å². The van der Waals surface area contributed by atoms with E-state index >= 15 is 0 Å². The molecule has 1 fully saturated rings. The highest BCUT2D eigenvalue weighted by molar-refractivity contribution is 9.10. The van der Waals surface area contributed by atoms with Crippen molar-refractivity contribution in [3.63, 3.8) is 0 Å². The number of aromatic amines is 1. The number of hydrogen-bond acceptors (Lipinski definition) is 2. The zero-order chi connectivity index (χ0) is 15.9. The van der Waals surface area contributed by atoms with Crippen LogP contribution in [0.25, 0.3) is 0 Å². The summed E-state index contributed by atoms with van der Waals surface area (Å²) in [5, 5.41) is 2.88. The number of hydrogen-bond donors (Lipinski definition) is 2. The number of rotatable bonds is 3. The molecule has 5 nitrogen and oxygen atoms in total. The Balaban J connectivity index is 1.87. The number of nitrogens with zero attached hydrogens (tertiary/aromatic N) is 1. The second kappa shape index (κ2) is 5.39. The molecule has 2 aromatic rings. The van der Waals surface area contributed by atoms with Gasteiger partial charge in [0, 0.05) is 30.6 Å². The zero-order valence-corrected chi connectivity index (χ0v) is 13.5. The minimum absolute atomic E-state index is 0.172. The van der Waals surface area contributed by atoms with Gasteiger partial charge in [0.2, 0.25) is 0 Å². The molecule has 0 bridgehead atoms. The second-order valence-corrected chi connectivity index (χ2v) is 6.55. The van der Waals surface area contributed by atoms with Crippen LogP contribution in [0.3, 0.4) is 0 Å². The maximum absolute atomic E-state index is 13.5. The molecule has 1 heterocycles. The SMILES string of the molecule is Cn1cc(C(=O)NC2(c3ccc(Br)cc3)CC(F)C2)[nH]c1=O. The lowest BCUT2D eigenvalue weighted by Gasteiger charge is -2.45.